The van der Waals surface area contributed by atoms with Crippen molar-refractivity contribution in [3.05, 3.63) is 21.9 Å². The second kappa shape index (κ2) is 5.47. The number of carbonyl (C=O) groups excluding carboxylic acids is 1. The minimum atomic E-state index is -2.55. The van der Waals surface area contributed by atoms with Crippen LogP contribution in [0.4, 0.5) is 8.78 Å². The van der Waals surface area contributed by atoms with Gasteiger partial charge in [-0.25, -0.2) is 8.78 Å². The molecule has 100 valence electrons. The molecule has 0 saturated heterocycles. The maximum atomic E-state index is 13.0. The van der Waals surface area contributed by atoms with Gasteiger partial charge < -0.3 is 0 Å². The number of hydrogen-bond donors (Lipinski definition) is 0. The summed E-state index contributed by atoms with van der Waals surface area (Å²) in [4.78, 5) is 14.4. The van der Waals surface area contributed by atoms with Crippen molar-refractivity contribution in [3.63, 3.8) is 0 Å². The van der Waals surface area contributed by atoms with Gasteiger partial charge in [0.1, 0.15) is 5.78 Å². The molecule has 0 unspecified atom stereocenters. The molecule has 1 saturated carbocycles. The summed E-state index contributed by atoms with van der Waals surface area (Å²) in [6.07, 6.45) is 1.83. The minimum absolute atomic E-state index is 0.131. The summed E-state index contributed by atoms with van der Waals surface area (Å²) in [5.74, 6) is -2.57. The number of alkyl halides is 2. The van der Waals surface area contributed by atoms with Crippen LogP contribution < -0.4 is 0 Å². The summed E-state index contributed by atoms with van der Waals surface area (Å²) < 4.78 is 26.0. The third-order valence-electron chi connectivity index (χ3n) is 3.59. The van der Waals surface area contributed by atoms with Crippen molar-refractivity contribution in [2.24, 2.45) is 5.92 Å². The summed E-state index contributed by atoms with van der Waals surface area (Å²) in [5, 5.41) is 0. The normalized spacial score (nSPS) is 19.9. The van der Waals surface area contributed by atoms with Gasteiger partial charge in [0.15, 0.2) is 0 Å². The van der Waals surface area contributed by atoms with Gasteiger partial charge in [-0.2, -0.15) is 0 Å². The first kappa shape index (κ1) is 13.7. The number of Topliss-reactive ketones (excluding diaryl/α,β-unsaturated/α-hetero) is 1. The van der Waals surface area contributed by atoms with Crippen LogP contribution in [-0.2, 0) is 17.6 Å². The first-order valence-electron chi connectivity index (χ1n) is 6.48. The Morgan fingerprint density at radius 2 is 1.94 bits per heavy atom. The fraction of sp³-hybridized carbons (Fsp3) is 0.643. The molecule has 0 spiro atoms. The van der Waals surface area contributed by atoms with Crippen LogP contribution >= 0.6 is 11.3 Å². The van der Waals surface area contributed by atoms with Gasteiger partial charge in [-0.15, -0.1) is 11.3 Å². The quantitative estimate of drug-likeness (QED) is 0.801. The van der Waals surface area contributed by atoms with Crippen molar-refractivity contribution in [1.29, 1.82) is 0 Å². The summed E-state index contributed by atoms with van der Waals surface area (Å²) in [6, 6.07) is 4.03. The SMILES string of the molecule is CCc1ccc(CC(=O)C2CCC(F)(F)CC2)s1. The number of halogens is 2. The lowest BCUT2D eigenvalue weighted by molar-refractivity contribution is -0.126. The number of carbonyl (C=O) groups is 1. The molecule has 18 heavy (non-hydrogen) atoms. The monoisotopic (exact) mass is 272 g/mol. The van der Waals surface area contributed by atoms with E-state index < -0.39 is 5.92 Å². The van der Waals surface area contributed by atoms with E-state index in [2.05, 4.69) is 6.92 Å². The molecule has 0 radical (unpaired) electrons. The number of rotatable bonds is 4. The summed E-state index contributed by atoms with van der Waals surface area (Å²) >= 11 is 1.66. The molecule has 1 aromatic rings. The van der Waals surface area contributed by atoms with Gasteiger partial charge in [-0.3, -0.25) is 4.79 Å². The molecule has 1 aliphatic rings. The van der Waals surface area contributed by atoms with E-state index in [0.29, 0.717) is 19.3 Å². The Kier molecular flexibility index (Phi) is 4.15. The largest absolute Gasteiger partial charge is 0.299 e. The molecular formula is C14H18F2OS. The highest BCUT2D eigenvalue weighted by Crippen LogP contribution is 2.37. The van der Waals surface area contributed by atoms with Crippen LogP contribution in [0.2, 0.25) is 0 Å². The van der Waals surface area contributed by atoms with Crippen LogP contribution in [0.5, 0.6) is 0 Å². The maximum absolute atomic E-state index is 13.0. The average Bonchev–Trinajstić information content (AvgIpc) is 2.76. The summed E-state index contributed by atoms with van der Waals surface area (Å²) in [6.45, 7) is 2.08. The lowest BCUT2D eigenvalue weighted by Crippen LogP contribution is -2.29. The highest BCUT2D eigenvalue weighted by molar-refractivity contribution is 7.12. The zero-order chi connectivity index (χ0) is 13.2. The van der Waals surface area contributed by atoms with E-state index in [-0.39, 0.29) is 24.5 Å². The van der Waals surface area contributed by atoms with E-state index in [1.54, 1.807) is 11.3 Å². The summed E-state index contributed by atoms with van der Waals surface area (Å²) in [5.41, 5.74) is 0. The molecule has 1 aromatic heterocycles. The van der Waals surface area contributed by atoms with Crippen molar-refractivity contribution < 1.29 is 13.6 Å². The molecule has 0 amide bonds. The van der Waals surface area contributed by atoms with Gasteiger partial charge in [0, 0.05) is 34.9 Å². The Labute approximate surface area is 110 Å². The van der Waals surface area contributed by atoms with Crippen molar-refractivity contribution in [3.8, 4) is 0 Å². The predicted octanol–water partition coefficient (Wildman–Crippen LogP) is 4.25. The lowest BCUT2D eigenvalue weighted by Gasteiger charge is -2.27. The highest BCUT2D eigenvalue weighted by atomic mass is 32.1. The zero-order valence-electron chi connectivity index (χ0n) is 10.5. The third-order valence-corrected chi connectivity index (χ3v) is 4.82. The lowest BCUT2D eigenvalue weighted by atomic mass is 9.83. The van der Waals surface area contributed by atoms with Crippen molar-refractivity contribution in [1.82, 2.24) is 0 Å². The zero-order valence-corrected chi connectivity index (χ0v) is 11.4. The third kappa shape index (κ3) is 3.37. The van der Waals surface area contributed by atoms with Crippen molar-refractivity contribution >= 4 is 17.1 Å². The first-order valence-corrected chi connectivity index (χ1v) is 7.30. The van der Waals surface area contributed by atoms with E-state index in [4.69, 9.17) is 0 Å². The molecule has 0 bridgehead atoms. The molecule has 1 heterocycles. The van der Waals surface area contributed by atoms with Gasteiger partial charge in [0.05, 0.1) is 0 Å². The van der Waals surface area contributed by atoms with Gasteiger partial charge in [0.2, 0.25) is 5.92 Å². The van der Waals surface area contributed by atoms with E-state index in [1.807, 2.05) is 12.1 Å². The molecule has 0 aromatic carbocycles. The fourth-order valence-electron chi connectivity index (χ4n) is 2.39. The Balaban J connectivity index is 1.89. The van der Waals surface area contributed by atoms with Gasteiger partial charge in [-0.1, -0.05) is 6.92 Å². The topological polar surface area (TPSA) is 17.1 Å². The molecule has 1 aliphatic carbocycles. The molecule has 0 atom stereocenters. The smallest absolute Gasteiger partial charge is 0.248 e. The molecule has 2 rings (SSSR count). The predicted molar refractivity (Wildman–Crippen MR) is 69.3 cm³/mol. The molecule has 0 N–H and O–H groups in total. The van der Waals surface area contributed by atoms with E-state index >= 15 is 0 Å². The first-order chi connectivity index (χ1) is 8.50. The highest BCUT2D eigenvalue weighted by Gasteiger charge is 2.37. The number of aryl methyl sites for hydroxylation is 1. The molecule has 1 fully saturated rings. The van der Waals surface area contributed by atoms with Crippen LogP contribution in [0.1, 0.15) is 42.4 Å². The van der Waals surface area contributed by atoms with Gasteiger partial charge in [-0.05, 0) is 31.4 Å². The summed E-state index contributed by atoms with van der Waals surface area (Å²) in [7, 11) is 0. The minimum Gasteiger partial charge on any atom is -0.299 e. The van der Waals surface area contributed by atoms with Crippen LogP contribution in [-0.4, -0.2) is 11.7 Å². The standard InChI is InChI=1S/C14H18F2OS/c1-2-11-3-4-12(18-11)9-13(17)10-5-7-14(15,16)8-6-10/h3-4,10H,2,5-9H2,1H3. The maximum Gasteiger partial charge on any atom is 0.248 e. The fourth-order valence-corrected chi connectivity index (χ4v) is 3.35. The van der Waals surface area contributed by atoms with Crippen LogP contribution in [0.25, 0.3) is 0 Å². The Hall–Kier alpha value is -0.770. The molecular weight excluding hydrogens is 254 g/mol. The Morgan fingerprint density at radius 1 is 1.33 bits per heavy atom. The van der Waals surface area contributed by atoms with Crippen LogP contribution in [0.3, 0.4) is 0 Å². The second-order valence-electron chi connectivity index (χ2n) is 4.99. The van der Waals surface area contributed by atoms with E-state index in [1.165, 1.54) is 4.88 Å². The van der Waals surface area contributed by atoms with Crippen molar-refractivity contribution in [2.75, 3.05) is 0 Å². The second-order valence-corrected chi connectivity index (χ2v) is 6.25. The Bertz CT molecular complexity index is 415. The number of hydrogen-bond acceptors (Lipinski definition) is 2. The van der Waals surface area contributed by atoms with E-state index in [9.17, 15) is 13.6 Å². The number of ketones is 1. The molecule has 1 nitrogen and oxygen atoms in total. The Morgan fingerprint density at radius 3 is 2.50 bits per heavy atom. The van der Waals surface area contributed by atoms with Crippen molar-refractivity contribution in [2.45, 2.75) is 51.4 Å². The molecule has 4 heteroatoms. The van der Waals surface area contributed by atoms with Gasteiger partial charge in [0.25, 0.3) is 0 Å². The van der Waals surface area contributed by atoms with Crippen LogP contribution in [0.15, 0.2) is 12.1 Å². The average molecular weight is 272 g/mol. The van der Waals surface area contributed by atoms with Gasteiger partial charge >= 0.3 is 0 Å². The van der Waals surface area contributed by atoms with E-state index in [0.717, 1.165) is 11.3 Å². The molecule has 0 aliphatic heterocycles. The van der Waals surface area contributed by atoms with Crippen LogP contribution in [0, 0.1) is 5.92 Å². The number of thiophene rings is 1.